The molecule has 0 bridgehead atoms. The Hall–Kier alpha value is -1.74. The number of halogens is 1. The first-order valence-electron chi connectivity index (χ1n) is 10.0. The maximum atomic E-state index is 12.8. The van der Waals surface area contributed by atoms with Crippen LogP contribution in [0.25, 0.3) is 0 Å². The SMILES string of the molecule is O=C(CN1CCCSc2ccccc21)Nc1cc(S(=O)(=O)N2CCCC2)ccc1Cl. The molecular weight excluding hydrogens is 442 g/mol. The smallest absolute Gasteiger partial charge is 0.243 e. The molecule has 2 aromatic rings. The molecule has 30 heavy (non-hydrogen) atoms. The van der Waals surface area contributed by atoms with E-state index in [1.165, 1.54) is 27.4 Å². The summed E-state index contributed by atoms with van der Waals surface area (Å²) in [5.41, 5.74) is 1.37. The number of hydrogen-bond acceptors (Lipinski definition) is 5. The summed E-state index contributed by atoms with van der Waals surface area (Å²) in [6.07, 6.45) is 2.72. The van der Waals surface area contributed by atoms with E-state index in [2.05, 4.69) is 16.3 Å². The molecule has 160 valence electrons. The minimum Gasteiger partial charge on any atom is -0.361 e. The third-order valence-corrected chi connectivity index (χ3v) is 8.66. The zero-order chi connectivity index (χ0) is 21.1. The van der Waals surface area contributed by atoms with Crippen molar-refractivity contribution in [3.63, 3.8) is 0 Å². The summed E-state index contributed by atoms with van der Waals surface area (Å²) in [5.74, 6) is 0.784. The number of nitrogens with zero attached hydrogens (tertiary/aromatic N) is 2. The van der Waals surface area contributed by atoms with Crippen LogP contribution in [0.5, 0.6) is 0 Å². The molecule has 0 spiro atoms. The minimum atomic E-state index is -3.58. The molecule has 0 unspecified atom stereocenters. The van der Waals surface area contributed by atoms with Crippen LogP contribution in [0.1, 0.15) is 19.3 Å². The minimum absolute atomic E-state index is 0.153. The zero-order valence-electron chi connectivity index (χ0n) is 16.5. The molecule has 0 radical (unpaired) electrons. The second-order valence-electron chi connectivity index (χ2n) is 7.39. The number of carbonyl (C=O) groups excluding carboxylic acids is 1. The Labute approximate surface area is 186 Å². The number of amides is 1. The van der Waals surface area contributed by atoms with Crippen molar-refractivity contribution in [2.24, 2.45) is 0 Å². The van der Waals surface area contributed by atoms with Gasteiger partial charge in [-0.05, 0) is 55.3 Å². The lowest BCUT2D eigenvalue weighted by Gasteiger charge is -2.24. The highest BCUT2D eigenvalue weighted by Crippen LogP contribution is 2.33. The lowest BCUT2D eigenvalue weighted by atomic mass is 10.2. The van der Waals surface area contributed by atoms with Crippen LogP contribution in [0.2, 0.25) is 5.02 Å². The van der Waals surface area contributed by atoms with Gasteiger partial charge in [0.25, 0.3) is 0 Å². The van der Waals surface area contributed by atoms with E-state index < -0.39 is 10.0 Å². The molecule has 0 saturated carbocycles. The molecule has 6 nitrogen and oxygen atoms in total. The zero-order valence-corrected chi connectivity index (χ0v) is 18.9. The van der Waals surface area contributed by atoms with E-state index in [4.69, 9.17) is 11.6 Å². The van der Waals surface area contributed by atoms with E-state index >= 15 is 0 Å². The maximum Gasteiger partial charge on any atom is 0.243 e. The monoisotopic (exact) mass is 465 g/mol. The van der Waals surface area contributed by atoms with Gasteiger partial charge in [0.15, 0.2) is 0 Å². The standard InChI is InChI=1S/C21H24ClN3O3S2/c22-17-9-8-16(30(27,28)25-11-3-4-12-25)14-18(17)23-21(26)15-24-10-5-13-29-20-7-2-1-6-19(20)24/h1-2,6-9,14H,3-5,10-13,15H2,(H,23,26). The summed E-state index contributed by atoms with van der Waals surface area (Å²) in [6, 6.07) is 12.5. The van der Waals surface area contributed by atoms with Crippen LogP contribution < -0.4 is 10.2 Å². The van der Waals surface area contributed by atoms with Crippen LogP contribution >= 0.6 is 23.4 Å². The second kappa shape index (κ2) is 9.18. The quantitative estimate of drug-likeness (QED) is 0.720. The fourth-order valence-electron chi connectivity index (χ4n) is 3.76. The summed E-state index contributed by atoms with van der Waals surface area (Å²) in [6.45, 7) is 2.02. The third-order valence-electron chi connectivity index (χ3n) is 5.29. The maximum absolute atomic E-state index is 12.8. The van der Waals surface area contributed by atoms with Gasteiger partial charge in [0.2, 0.25) is 15.9 Å². The van der Waals surface area contributed by atoms with Gasteiger partial charge in [-0.1, -0.05) is 23.7 Å². The number of carbonyl (C=O) groups is 1. The summed E-state index contributed by atoms with van der Waals surface area (Å²) in [4.78, 5) is 16.2. The molecule has 2 aliphatic rings. The lowest BCUT2D eigenvalue weighted by molar-refractivity contribution is -0.115. The molecule has 9 heteroatoms. The summed E-state index contributed by atoms with van der Waals surface area (Å²) in [5, 5.41) is 3.12. The normalized spacial score (nSPS) is 17.4. The molecule has 0 aromatic heterocycles. The number of hydrogen-bond donors (Lipinski definition) is 1. The average molecular weight is 466 g/mol. The van der Waals surface area contributed by atoms with Crippen LogP contribution in [0.3, 0.4) is 0 Å². The predicted molar refractivity (Wildman–Crippen MR) is 122 cm³/mol. The molecule has 0 atom stereocenters. The number of benzene rings is 2. The summed E-state index contributed by atoms with van der Waals surface area (Å²) < 4.78 is 27.2. The fourth-order valence-corrected chi connectivity index (χ4v) is 6.49. The first-order valence-corrected chi connectivity index (χ1v) is 12.8. The highest BCUT2D eigenvalue weighted by molar-refractivity contribution is 7.99. The van der Waals surface area contributed by atoms with E-state index in [0.29, 0.717) is 23.8 Å². The Bertz CT molecular complexity index is 1040. The van der Waals surface area contributed by atoms with E-state index in [9.17, 15) is 13.2 Å². The molecule has 1 fully saturated rings. The Kier molecular flexibility index (Phi) is 6.57. The molecule has 1 saturated heterocycles. The summed E-state index contributed by atoms with van der Waals surface area (Å²) in [7, 11) is -3.58. The highest BCUT2D eigenvalue weighted by Gasteiger charge is 2.28. The summed E-state index contributed by atoms with van der Waals surface area (Å²) >= 11 is 8.06. The average Bonchev–Trinajstić information content (AvgIpc) is 3.21. The Morgan fingerprint density at radius 2 is 1.83 bits per heavy atom. The molecule has 2 aromatic carbocycles. The van der Waals surface area contributed by atoms with Crippen LogP contribution in [0.4, 0.5) is 11.4 Å². The first kappa shape index (κ1) is 21.5. The highest BCUT2D eigenvalue weighted by atomic mass is 35.5. The van der Waals surface area contributed by atoms with Crippen molar-refractivity contribution in [2.75, 3.05) is 42.1 Å². The molecule has 2 heterocycles. The number of rotatable bonds is 5. The van der Waals surface area contributed by atoms with Gasteiger partial charge in [0.05, 0.1) is 27.8 Å². The van der Waals surface area contributed by atoms with Gasteiger partial charge in [-0.2, -0.15) is 4.31 Å². The molecule has 4 rings (SSSR count). The number of anilines is 2. The molecule has 2 aliphatic heterocycles. The van der Waals surface area contributed by atoms with Gasteiger partial charge < -0.3 is 10.2 Å². The van der Waals surface area contributed by atoms with Gasteiger partial charge in [0.1, 0.15) is 0 Å². The number of fused-ring (bicyclic) bond motifs is 1. The van der Waals surface area contributed by atoms with Crippen molar-refractivity contribution in [1.29, 1.82) is 0 Å². The Morgan fingerprint density at radius 3 is 2.63 bits per heavy atom. The van der Waals surface area contributed by atoms with Crippen LogP contribution in [0.15, 0.2) is 52.3 Å². The first-order chi connectivity index (χ1) is 14.4. The third kappa shape index (κ3) is 4.61. The second-order valence-corrected chi connectivity index (χ2v) is 10.9. The van der Waals surface area contributed by atoms with Gasteiger partial charge in [-0.25, -0.2) is 8.42 Å². The van der Waals surface area contributed by atoms with Gasteiger partial charge in [-0.15, -0.1) is 11.8 Å². The van der Waals surface area contributed by atoms with Crippen molar-refractivity contribution < 1.29 is 13.2 Å². The molecule has 1 amide bonds. The molecule has 0 aliphatic carbocycles. The van der Waals surface area contributed by atoms with Gasteiger partial charge >= 0.3 is 0 Å². The van der Waals surface area contributed by atoms with Crippen LogP contribution in [-0.4, -0.2) is 50.6 Å². The van der Waals surface area contributed by atoms with E-state index in [0.717, 1.165) is 37.2 Å². The van der Waals surface area contributed by atoms with Crippen LogP contribution in [0, 0.1) is 0 Å². The van der Waals surface area contributed by atoms with Crippen molar-refractivity contribution in [3.8, 4) is 0 Å². The van der Waals surface area contributed by atoms with E-state index in [1.54, 1.807) is 11.8 Å². The van der Waals surface area contributed by atoms with E-state index in [-0.39, 0.29) is 17.3 Å². The number of thioether (sulfide) groups is 1. The number of para-hydroxylation sites is 1. The topological polar surface area (TPSA) is 69.7 Å². The van der Waals surface area contributed by atoms with Crippen molar-refractivity contribution in [1.82, 2.24) is 4.31 Å². The van der Waals surface area contributed by atoms with Crippen molar-refractivity contribution >= 4 is 50.7 Å². The fraction of sp³-hybridized carbons (Fsp3) is 0.381. The Balaban J connectivity index is 1.51. The van der Waals surface area contributed by atoms with Gasteiger partial charge in [-0.3, -0.25) is 4.79 Å². The predicted octanol–water partition coefficient (Wildman–Crippen LogP) is 4.07. The van der Waals surface area contributed by atoms with Gasteiger partial charge in [0, 0.05) is 24.5 Å². The lowest BCUT2D eigenvalue weighted by Crippen LogP contribution is -2.34. The Morgan fingerprint density at radius 1 is 1.07 bits per heavy atom. The largest absolute Gasteiger partial charge is 0.361 e. The van der Waals surface area contributed by atoms with Crippen molar-refractivity contribution in [2.45, 2.75) is 29.1 Å². The van der Waals surface area contributed by atoms with E-state index in [1.807, 2.05) is 18.2 Å². The van der Waals surface area contributed by atoms with Crippen molar-refractivity contribution in [3.05, 3.63) is 47.5 Å². The molecular formula is C21H24ClN3O3S2. The number of sulfonamides is 1. The van der Waals surface area contributed by atoms with Crippen LogP contribution in [-0.2, 0) is 14.8 Å². The number of nitrogens with one attached hydrogen (secondary N) is 1. The molecule has 1 N–H and O–H groups in total.